The minimum absolute atomic E-state index is 0.0819. The molecule has 14 heavy (non-hydrogen) atoms. The molecule has 0 atom stereocenters. The highest BCUT2D eigenvalue weighted by Crippen LogP contribution is 2.12. The van der Waals surface area contributed by atoms with Crippen molar-refractivity contribution in [3.63, 3.8) is 0 Å². The highest BCUT2D eigenvalue weighted by atomic mass is 19.1. The minimum atomic E-state index is -0.520. The Morgan fingerprint density at radius 2 is 2.29 bits per heavy atom. The molecule has 0 fully saturated rings. The Labute approximate surface area is 80.5 Å². The molecule has 1 aromatic rings. The number of carbonyl (C=O) groups excluding carboxylic acids is 1. The average Bonchev–Trinajstić information content (AvgIpc) is 2.18. The van der Waals surface area contributed by atoms with Crippen molar-refractivity contribution in [1.82, 2.24) is 5.32 Å². The number of carbonyl (C=O) groups is 1. The lowest BCUT2D eigenvalue weighted by Gasteiger charge is -2.05. The van der Waals surface area contributed by atoms with Crippen LogP contribution in [0.15, 0.2) is 18.2 Å². The molecule has 4 nitrogen and oxygen atoms in total. The van der Waals surface area contributed by atoms with Gasteiger partial charge in [-0.15, -0.1) is 0 Å². The predicted molar refractivity (Wildman–Crippen MR) is 50.2 cm³/mol. The summed E-state index contributed by atoms with van der Waals surface area (Å²) in [4.78, 5) is 11.3. The van der Waals surface area contributed by atoms with Crippen molar-refractivity contribution in [1.29, 1.82) is 0 Å². The van der Waals surface area contributed by atoms with Crippen molar-refractivity contribution in [2.45, 2.75) is 0 Å². The number of aliphatic hydroxyl groups excluding tert-OH is 1. The van der Waals surface area contributed by atoms with Gasteiger partial charge in [-0.25, -0.2) is 4.39 Å². The SMILES string of the molecule is Nc1ccc(F)cc1C(=O)NCCO. The lowest BCUT2D eigenvalue weighted by molar-refractivity contribution is 0.0945. The molecule has 0 unspecified atom stereocenters. The Morgan fingerprint density at radius 3 is 2.93 bits per heavy atom. The van der Waals surface area contributed by atoms with Crippen LogP contribution in [0.2, 0.25) is 0 Å². The summed E-state index contributed by atoms with van der Waals surface area (Å²) in [5, 5.41) is 10.8. The Balaban J connectivity index is 2.83. The van der Waals surface area contributed by atoms with E-state index in [-0.39, 0.29) is 24.4 Å². The standard InChI is InChI=1S/C9H11FN2O2/c10-6-1-2-8(11)7(5-6)9(14)12-3-4-13/h1-2,5,13H,3-4,11H2,(H,12,14). The summed E-state index contributed by atoms with van der Waals surface area (Å²) < 4.78 is 12.7. The van der Waals surface area contributed by atoms with Gasteiger partial charge in [-0.3, -0.25) is 4.79 Å². The topological polar surface area (TPSA) is 75.4 Å². The second-order valence-electron chi connectivity index (χ2n) is 2.71. The van der Waals surface area contributed by atoms with Gasteiger partial charge in [-0.05, 0) is 18.2 Å². The van der Waals surface area contributed by atoms with Crippen LogP contribution in [0.4, 0.5) is 10.1 Å². The van der Waals surface area contributed by atoms with Crippen LogP contribution < -0.4 is 11.1 Å². The first-order valence-corrected chi connectivity index (χ1v) is 4.09. The zero-order valence-electron chi connectivity index (χ0n) is 7.46. The number of hydrogen-bond acceptors (Lipinski definition) is 3. The third-order valence-corrected chi connectivity index (χ3v) is 1.66. The van der Waals surface area contributed by atoms with Gasteiger partial charge in [0.1, 0.15) is 5.82 Å². The highest BCUT2D eigenvalue weighted by molar-refractivity contribution is 5.99. The molecule has 0 aliphatic rings. The van der Waals surface area contributed by atoms with Crippen molar-refractivity contribution in [2.24, 2.45) is 0 Å². The highest BCUT2D eigenvalue weighted by Gasteiger charge is 2.09. The number of nitrogens with two attached hydrogens (primary N) is 1. The van der Waals surface area contributed by atoms with Crippen LogP contribution >= 0.6 is 0 Å². The van der Waals surface area contributed by atoms with Gasteiger partial charge in [0.2, 0.25) is 0 Å². The number of rotatable bonds is 3. The normalized spacial score (nSPS) is 9.86. The van der Waals surface area contributed by atoms with Gasteiger partial charge < -0.3 is 16.2 Å². The molecule has 1 amide bonds. The van der Waals surface area contributed by atoms with Crippen LogP contribution in [-0.4, -0.2) is 24.2 Å². The monoisotopic (exact) mass is 198 g/mol. The number of hydrogen-bond donors (Lipinski definition) is 3. The van der Waals surface area contributed by atoms with Crippen LogP contribution in [0.3, 0.4) is 0 Å². The minimum Gasteiger partial charge on any atom is -0.398 e. The number of amides is 1. The molecule has 0 aromatic heterocycles. The third-order valence-electron chi connectivity index (χ3n) is 1.66. The first-order chi connectivity index (χ1) is 6.65. The molecule has 0 saturated heterocycles. The van der Waals surface area contributed by atoms with Crippen molar-refractivity contribution in [3.8, 4) is 0 Å². The maximum Gasteiger partial charge on any atom is 0.253 e. The van der Waals surface area contributed by atoms with Crippen LogP contribution in [0, 0.1) is 5.82 Å². The second-order valence-corrected chi connectivity index (χ2v) is 2.71. The summed E-state index contributed by atoms with van der Waals surface area (Å²) in [5.74, 6) is -1.01. The van der Waals surface area contributed by atoms with Crippen molar-refractivity contribution >= 4 is 11.6 Å². The van der Waals surface area contributed by atoms with E-state index in [4.69, 9.17) is 10.8 Å². The van der Waals surface area contributed by atoms with Crippen molar-refractivity contribution in [3.05, 3.63) is 29.6 Å². The first kappa shape index (κ1) is 10.5. The van der Waals surface area contributed by atoms with E-state index in [0.29, 0.717) is 0 Å². The number of anilines is 1. The molecular weight excluding hydrogens is 187 g/mol. The molecule has 1 rings (SSSR count). The zero-order valence-corrected chi connectivity index (χ0v) is 7.46. The first-order valence-electron chi connectivity index (χ1n) is 4.09. The fourth-order valence-corrected chi connectivity index (χ4v) is 0.990. The van der Waals surface area contributed by atoms with E-state index in [1.54, 1.807) is 0 Å². The van der Waals surface area contributed by atoms with Crippen LogP contribution in [0.5, 0.6) is 0 Å². The van der Waals surface area contributed by atoms with E-state index in [1.807, 2.05) is 0 Å². The Kier molecular flexibility index (Phi) is 3.41. The summed E-state index contributed by atoms with van der Waals surface area (Å²) in [6.07, 6.45) is 0. The molecule has 76 valence electrons. The van der Waals surface area contributed by atoms with Gasteiger partial charge in [0.05, 0.1) is 12.2 Å². The van der Waals surface area contributed by atoms with Crippen molar-refractivity contribution < 1.29 is 14.3 Å². The van der Waals surface area contributed by atoms with E-state index in [0.717, 1.165) is 6.07 Å². The lowest BCUT2D eigenvalue weighted by Crippen LogP contribution is -2.27. The van der Waals surface area contributed by atoms with E-state index in [2.05, 4.69) is 5.32 Å². The van der Waals surface area contributed by atoms with Crippen LogP contribution in [-0.2, 0) is 0 Å². The number of benzene rings is 1. The fraction of sp³-hybridized carbons (Fsp3) is 0.222. The van der Waals surface area contributed by atoms with E-state index in [9.17, 15) is 9.18 Å². The molecule has 0 spiro atoms. The number of nitrogen functional groups attached to an aromatic ring is 1. The molecular formula is C9H11FN2O2. The molecule has 0 saturated carbocycles. The summed E-state index contributed by atoms with van der Waals surface area (Å²) >= 11 is 0. The summed E-state index contributed by atoms with van der Waals surface area (Å²) in [7, 11) is 0. The van der Waals surface area contributed by atoms with E-state index in [1.165, 1.54) is 12.1 Å². The molecule has 0 heterocycles. The smallest absolute Gasteiger partial charge is 0.253 e. The third kappa shape index (κ3) is 2.43. The van der Waals surface area contributed by atoms with E-state index < -0.39 is 11.7 Å². The van der Waals surface area contributed by atoms with Crippen LogP contribution in [0.1, 0.15) is 10.4 Å². The van der Waals surface area contributed by atoms with E-state index >= 15 is 0 Å². The zero-order chi connectivity index (χ0) is 10.6. The van der Waals surface area contributed by atoms with Gasteiger partial charge in [0.15, 0.2) is 0 Å². The Hall–Kier alpha value is -1.62. The predicted octanol–water partition coefficient (Wildman–Crippen LogP) is 0.130. The number of aliphatic hydroxyl groups is 1. The van der Waals surface area contributed by atoms with Gasteiger partial charge in [0, 0.05) is 12.2 Å². The molecule has 0 radical (unpaired) electrons. The molecule has 0 aliphatic heterocycles. The van der Waals surface area contributed by atoms with Gasteiger partial charge in [-0.2, -0.15) is 0 Å². The largest absolute Gasteiger partial charge is 0.398 e. The Morgan fingerprint density at radius 1 is 1.57 bits per heavy atom. The average molecular weight is 198 g/mol. The number of nitrogens with one attached hydrogen (secondary N) is 1. The summed E-state index contributed by atoms with van der Waals surface area (Å²) in [5.41, 5.74) is 5.76. The Bertz CT molecular complexity index is 342. The maximum absolute atomic E-state index is 12.7. The molecule has 4 N–H and O–H groups in total. The van der Waals surface area contributed by atoms with Gasteiger partial charge in [-0.1, -0.05) is 0 Å². The number of halogens is 1. The van der Waals surface area contributed by atoms with Gasteiger partial charge in [0.25, 0.3) is 5.91 Å². The van der Waals surface area contributed by atoms with Crippen LogP contribution in [0.25, 0.3) is 0 Å². The summed E-state index contributed by atoms with van der Waals surface area (Å²) in [6.45, 7) is -0.0459. The molecule has 5 heteroatoms. The summed E-state index contributed by atoms with van der Waals surface area (Å²) in [6, 6.07) is 3.56. The molecule has 1 aromatic carbocycles. The molecule has 0 bridgehead atoms. The second kappa shape index (κ2) is 4.57. The van der Waals surface area contributed by atoms with Crippen molar-refractivity contribution in [2.75, 3.05) is 18.9 Å². The fourth-order valence-electron chi connectivity index (χ4n) is 0.990. The quantitative estimate of drug-likeness (QED) is 0.604. The maximum atomic E-state index is 12.7. The van der Waals surface area contributed by atoms with Gasteiger partial charge >= 0.3 is 0 Å². The lowest BCUT2D eigenvalue weighted by atomic mass is 10.1. The molecule has 0 aliphatic carbocycles.